The summed E-state index contributed by atoms with van der Waals surface area (Å²) in [5.41, 5.74) is -0.157. The van der Waals surface area contributed by atoms with Gasteiger partial charge in [-0.2, -0.15) is 4.80 Å². The van der Waals surface area contributed by atoms with E-state index in [1.165, 1.54) is 38.4 Å². The molecule has 0 aliphatic heterocycles. The summed E-state index contributed by atoms with van der Waals surface area (Å²) in [6.45, 7) is 0. The van der Waals surface area contributed by atoms with E-state index in [1.807, 2.05) is 0 Å². The number of hydrogen-bond donors (Lipinski definition) is 1. The third-order valence-electron chi connectivity index (χ3n) is 3.63. The lowest BCUT2D eigenvalue weighted by atomic mass is 10.1. The second-order valence-corrected chi connectivity index (χ2v) is 7.43. The number of nitrogens with one attached hydrogen (secondary N) is 1. The number of nitrogens with zero attached hydrogens (tertiary/aromatic N) is 5. The van der Waals surface area contributed by atoms with Gasteiger partial charge in [0, 0.05) is 7.05 Å². The number of sulfonamides is 1. The molecule has 0 saturated carbocycles. The van der Waals surface area contributed by atoms with E-state index in [2.05, 4.69) is 25.0 Å². The van der Waals surface area contributed by atoms with Crippen LogP contribution in [0.5, 0.6) is 5.75 Å². The van der Waals surface area contributed by atoms with E-state index >= 15 is 0 Å². The molecule has 0 amide bonds. The van der Waals surface area contributed by atoms with Crippen LogP contribution in [-0.4, -0.2) is 42.0 Å². The van der Waals surface area contributed by atoms with Gasteiger partial charge in [-0.25, -0.2) is 8.42 Å². The molecule has 3 aromatic rings. The maximum Gasteiger partial charge on any atom is 0.573 e. The van der Waals surface area contributed by atoms with E-state index in [1.54, 1.807) is 18.2 Å². The van der Waals surface area contributed by atoms with Gasteiger partial charge in [-0.1, -0.05) is 24.3 Å². The van der Waals surface area contributed by atoms with Crippen LogP contribution in [0.3, 0.4) is 0 Å². The van der Waals surface area contributed by atoms with Crippen molar-refractivity contribution in [2.45, 2.75) is 11.3 Å². The molecule has 0 atom stereocenters. The Hall–Kier alpha value is -3.19. The van der Waals surface area contributed by atoms with Crippen LogP contribution in [0.2, 0.25) is 0 Å². The Labute approximate surface area is 163 Å². The molecule has 3 rings (SSSR count). The quantitative estimate of drug-likeness (QED) is 0.600. The Balaban J connectivity index is 2.05. The molecule has 0 unspecified atom stereocenters. The maximum atomic E-state index is 12.9. The van der Waals surface area contributed by atoms with Gasteiger partial charge >= 0.3 is 6.36 Å². The molecular formula is C16H15F3N6O3S. The molecule has 2 aromatic carbocycles. The molecular weight excluding hydrogens is 413 g/mol. The van der Waals surface area contributed by atoms with Gasteiger partial charge < -0.3 is 4.74 Å². The van der Waals surface area contributed by atoms with Crippen LogP contribution in [-0.2, 0) is 17.1 Å². The Bertz CT molecular complexity index is 1100. The van der Waals surface area contributed by atoms with E-state index in [9.17, 15) is 21.6 Å². The lowest BCUT2D eigenvalue weighted by molar-refractivity contribution is -0.274. The van der Waals surface area contributed by atoms with Crippen molar-refractivity contribution in [3.05, 3.63) is 48.5 Å². The van der Waals surface area contributed by atoms with Crippen LogP contribution in [0.25, 0.3) is 11.4 Å². The molecule has 0 fully saturated rings. The van der Waals surface area contributed by atoms with Crippen LogP contribution in [0.1, 0.15) is 0 Å². The molecule has 0 saturated heterocycles. The minimum absolute atomic E-state index is 0.0197. The van der Waals surface area contributed by atoms with Crippen LogP contribution >= 0.6 is 0 Å². The maximum absolute atomic E-state index is 12.9. The fourth-order valence-corrected chi connectivity index (χ4v) is 3.58. The van der Waals surface area contributed by atoms with Crippen molar-refractivity contribution in [1.29, 1.82) is 0 Å². The molecule has 0 aliphatic rings. The first kappa shape index (κ1) is 20.5. The van der Waals surface area contributed by atoms with Crippen molar-refractivity contribution in [3.8, 4) is 17.1 Å². The van der Waals surface area contributed by atoms with Crippen molar-refractivity contribution >= 4 is 15.7 Å². The standard InChI is InChI=1S/C16H15F3N6O3S/c1-24(23-29(26,27)11-7-4-3-5-8-11)12-9-6-10-13(28-16(17,18)19)14(12)15-20-22-25(2)21-15/h3-10,23H,1-2H3. The first-order valence-corrected chi connectivity index (χ1v) is 9.49. The predicted molar refractivity (Wildman–Crippen MR) is 96.1 cm³/mol. The molecule has 0 radical (unpaired) electrons. The lowest BCUT2D eigenvalue weighted by Gasteiger charge is -2.23. The highest BCUT2D eigenvalue weighted by Gasteiger charge is 2.34. The topological polar surface area (TPSA) is 102 Å². The van der Waals surface area contributed by atoms with Crippen LogP contribution in [0.15, 0.2) is 53.4 Å². The molecule has 0 bridgehead atoms. The molecule has 9 nitrogen and oxygen atoms in total. The minimum atomic E-state index is -4.97. The van der Waals surface area contributed by atoms with Crippen LogP contribution in [0.4, 0.5) is 18.9 Å². The summed E-state index contributed by atoms with van der Waals surface area (Å²) in [7, 11) is -1.24. The van der Waals surface area contributed by atoms with E-state index in [-0.39, 0.29) is 22.0 Å². The van der Waals surface area contributed by atoms with Crippen molar-refractivity contribution < 1.29 is 26.3 Å². The van der Waals surface area contributed by atoms with Crippen LogP contribution in [0, 0.1) is 0 Å². The zero-order chi connectivity index (χ0) is 21.2. The largest absolute Gasteiger partial charge is 0.573 e. The number of rotatable bonds is 6. The van der Waals surface area contributed by atoms with Crippen molar-refractivity contribution in [2.24, 2.45) is 7.05 Å². The van der Waals surface area contributed by atoms with E-state index in [0.29, 0.717) is 0 Å². The van der Waals surface area contributed by atoms with Gasteiger partial charge in [0.15, 0.2) is 0 Å². The highest BCUT2D eigenvalue weighted by atomic mass is 32.2. The summed E-state index contributed by atoms with van der Waals surface area (Å²) in [6, 6.07) is 11.2. The number of hydrazine groups is 1. The van der Waals surface area contributed by atoms with Crippen molar-refractivity contribution in [1.82, 2.24) is 25.0 Å². The third-order valence-corrected chi connectivity index (χ3v) is 5.04. The minimum Gasteiger partial charge on any atom is -0.405 e. The number of halogens is 3. The second kappa shape index (κ2) is 7.67. The summed E-state index contributed by atoms with van der Waals surface area (Å²) in [5.74, 6) is -0.776. The fraction of sp³-hybridized carbons (Fsp3) is 0.188. The number of tetrazole rings is 1. The summed E-state index contributed by atoms with van der Waals surface area (Å²) in [6.07, 6.45) is -4.97. The summed E-state index contributed by atoms with van der Waals surface area (Å²) in [4.78, 5) is 3.32. The van der Waals surface area contributed by atoms with Gasteiger partial charge in [0.1, 0.15) is 5.75 Å². The van der Waals surface area contributed by atoms with Gasteiger partial charge in [0.25, 0.3) is 10.0 Å². The molecule has 1 N–H and O–H groups in total. The smallest absolute Gasteiger partial charge is 0.405 e. The van der Waals surface area contributed by atoms with Gasteiger partial charge in [0.2, 0.25) is 5.82 Å². The number of benzene rings is 2. The fourth-order valence-electron chi connectivity index (χ4n) is 2.50. The number of aryl methyl sites for hydroxylation is 1. The average molecular weight is 428 g/mol. The zero-order valence-electron chi connectivity index (χ0n) is 15.1. The lowest BCUT2D eigenvalue weighted by Crippen LogP contribution is -2.39. The molecule has 1 aromatic heterocycles. The number of alkyl halides is 3. The molecule has 29 heavy (non-hydrogen) atoms. The van der Waals surface area contributed by atoms with Crippen molar-refractivity contribution in [2.75, 3.05) is 12.1 Å². The van der Waals surface area contributed by atoms with Gasteiger partial charge in [0.05, 0.1) is 23.2 Å². The Morgan fingerprint density at radius 2 is 1.79 bits per heavy atom. The highest BCUT2D eigenvalue weighted by molar-refractivity contribution is 7.89. The molecule has 154 valence electrons. The van der Waals surface area contributed by atoms with Crippen LogP contribution < -0.4 is 14.6 Å². The van der Waals surface area contributed by atoms with Crippen molar-refractivity contribution in [3.63, 3.8) is 0 Å². The van der Waals surface area contributed by atoms with Gasteiger partial charge in [-0.15, -0.1) is 28.2 Å². The number of ether oxygens (including phenoxy) is 1. The Kier molecular flexibility index (Phi) is 5.44. The van der Waals surface area contributed by atoms with Gasteiger partial charge in [-0.05, 0) is 29.5 Å². The Morgan fingerprint density at radius 1 is 1.10 bits per heavy atom. The van der Waals surface area contributed by atoms with E-state index < -0.39 is 22.1 Å². The SMILES string of the molecule is CN(NS(=O)(=O)c1ccccc1)c1cccc(OC(F)(F)F)c1-c1nnn(C)n1. The molecule has 0 aliphatic carbocycles. The summed E-state index contributed by atoms with van der Waals surface area (Å²) < 4.78 is 67.8. The normalized spacial score (nSPS) is 12.0. The number of aromatic nitrogens is 4. The summed E-state index contributed by atoms with van der Waals surface area (Å²) >= 11 is 0. The second-order valence-electron chi connectivity index (χ2n) is 5.77. The zero-order valence-corrected chi connectivity index (χ0v) is 15.9. The molecule has 1 heterocycles. The average Bonchev–Trinajstić information content (AvgIpc) is 3.06. The number of hydrogen-bond acceptors (Lipinski definition) is 7. The third kappa shape index (κ3) is 4.81. The molecule has 0 spiro atoms. The van der Waals surface area contributed by atoms with E-state index in [4.69, 9.17) is 0 Å². The molecule has 13 heteroatoms. The predicted octanol–water partition coefficient (Wildman–Crippen LogP) is 2.11. The number of anilines is 1. The first-order valence-electron chi connectivity index (χ1n) is 8.01. The highest BCUT2D eigenvalue weighted by Crippen LogP contribution is 2.38. The first-order chi connectivity index (χ1) is 13.6. The summed E-state index contributed by atoms with van der Waals surface area (Å²) in [5, 5.41) is 12.3. The van der Waals surface area contributed by atoms with E-state index in [0.717, 1.165) is 15.9 Å². The Morgan fingerprint density at radius 3 is 2.38 bits per heavy atom. The monoisotopic (exact) mass is 428 g/mol. The van der Waals surface area contributed by atoms with Gasteiger partial charge in [-0.3, -0.25) is 5.01 Å².